The third-order valence-electron chi connectivity index (χ3n) is 2.65. The Balaban J connectivity index is 2.47. The van der Waals surface area contributed by atoms with Crippen LogP contribution in [-0.2, 0) is 6.42 Å². The smallest absolute Gasteiger partial charge is 0.356 e. The van der Waals surface area contributed by atoms with Gasteiger partial charge >= 0.3 is 5.97 Å². The average Bonchev–Trinajstić information content (AvgIpc) is 2.75. The molecule has 0 aromatic carbocycles. The molecule has 18 heavy (non-hydrogen) atoms. The molecule has 0 bridgehead atoms. The van der Waals surface area contributed by atoms with Gasteiger partial charge in [0.05, 0.1) is 11.9 Å². The molecule has 0 fully saturated rings. The molecule has 0 aliphatic rings. The van der Waals surface area contributed by atoms with E-state index in [1.54, 1.807) is 16.9 Å². The molecule has 0 saturated heterocycles. The second kappa shape index (κ2) is 5.00. The lowest BCUT2D eigenvalue weighted by Gasteiger charge is -2.06. The minimum absolute atomic E-state index is 0.0685. The molecule has 5 nitrogen and oxygen atoms in total. The number of hydrogen-bond donors (Lipinski definition) is 1. The predicted molar refractivity (Wildman–Crippen MR) is 67.1 cm³/mol. The van der Waals surface area contributed by atoms with Gasteiger partial charge in [0.2, 0.25) is 0 Å². The van der Waals surface area contributed by atoms with Crippen LogP contribution in [0.4, 0.5) is 0 Å². The molecule has 0 radical (unpaired) electrons. The van der Waals surface area contributed by atoms with Crippen molar-refractivity contribution >= 4 is 5.97 Å². The van der Waals surface area contributed by atoms with E-state index in [-0.39, 0.29) is 5.69 Å². The second-order valence-electron chi connectivity index (χ2n) is 4.15. The highest BCUT2D eigenvalue weighted by atomic mass is 16.4. The minimum Gasteiger partial charge on any atom is -0.476 e. The van der Waals surface area contributed by atoms with Crippen LogP contribution >= 0.6 is 0 Å². The van der Waals surface area contributed by atoms with E-state index in [9.17, 15) is 4.79 Å². The van der Waals surface area contributed by atoms with E-state index < -0.39 is 5.97 Å². The second-order valence-corrected chi connectivity index (χ2v) is 4.15. The summed E-state index contributed by atoms with van der Waals surface area (Å²) in [4.78, 5) is 15.2. The Hall–Kier alpha value is -2.17. The van der Waals surface area contributed by atoms with Crippen molar-refractivity contribution in [3.8, 4) is 5.69 Å². The Kier molecular flexibility index (Phi) is 3.41. The third-order valence-corrected chi connectivity index (χ3v) is 2.65. The molecule has 2 rings (SSSR count). The zero-order chi connectivity index (χ0) is 13.1. The summed E-state index contributed by atoms with van der Waals surface area (Å²) >= 11 is 0. The van der Waals surface area contributed by atoms with Crippen molar-refractivity contribution in [3.05, 3.63) is 41.5 Å². The Morgan fingerprint density at radius 3 is 2.78 bits per heavy atom. The third kappa shape index (κ3) is 2.40. The highest BCUT2D eigenvalue weighted by Gasteiger charge is 2.13. The van der Waals surface area contributed by atoms with Gasteiger partial charge in [-0.1, -0.05) is 13.3 Å². The quantitative estimate of drug-likeness (QED) is 0.896. The van der Waals surface area contributed by atoms with Crippen molar-refractivity contribution in [3.63, 3.8) is 0 Å². The number of carbonyl (C=O) groups is 1. The number of nitrogens with zero attached hydrogens (tertiary/aromatic N) is 3. The van der Waals surface area contributed by atoms with Crippen molar-refractivity contribution in [2.24, 2.45) is 0 Å². The Morgan fingerprint density at radius 1 is 1.44 bits per heavy atom. The Bertz CT molecular complexity index is 558. The van der Waals surface area contributed by atoms with Crippen LogP contribution in [-0.4, -0.2) is 25.8 Å². The lowest BCUT2D eigenvalue weighted by atomic mass is 10.2. The molecule has 0 aliphatic carbocycles. The molecule has 0 spiro atoms. The molecule has 0 amide bonds. The number of aromatic carboxylic acids is 1. The zero-order valence-corrected chi connectivity index (χ0v) is 10.4. The number of aromatic nitrogens is 3. The summed E-state index contributed by atoms with van der Waals surface area (Å²) in [5.74, 6) is -1.01. The number of aryl methyl sites for hydroxylation is 2. The Morgan fingerprint density at radius 2 is 2.22 bits per heavy atom. The van der Waals surface area contributed by atoms with Crippen LogP contribution in [0.15, 0.2) is 24.4 Å². The highest BCUT2D eigenvalue weighted by Crippen LogP contribution is 2.14. The predicted octanol–water partition coefficient (Wildman–Crippen LogP) is 2.23. The summed E-state index contributed by atoms with van der Waals surface area (Å²) in [5.41, 5.74) is 2.66. The fourth-order valence-electron chi connectivity index (χ4n) is 1.77. The van der Waals surface area contributed by atoms with Crippen LogP contribution in [0.5, 0.6) is 0 Å². The summed E-state index contributed by atoms with van der Waals surface area (Å²) in [6, 6.07) is 5.39. The first-order chi connectivity index (χ1) is 8.61. The van der Waals surface area contributed by atoms with E-state index in [1.807, 2.05) is 26.0 Å². The monoisotopic (exact) mass is 245 g/mol. The molecule has 2 aromatic heterocycles. The summed E-state index contributed by atoms with van der Waals surface area (Å²) < 4.78 is 1.65. The van der Waals surface area contributed by atoms with Crippen LogP contribution in [0.1, 0.15) is 35.2 Å². The number of carboxylic acids is 1. The number of carboxylic acid groups (broad SMARTS) is 1. The van der Waals surface area contributed by atoms with Crippen molar-refractivity contribution in [2.75, 3.05) is 0 Å². The van der Waals surface area contributed by atoms with Crippen LogP contribution in [0.25, 0.3) is 5.69 Å². The lowest BCUT2D eigenvalue weighted by Crippen LogP contribution is -2.04. The molecule has 5 heteroatoms. The molecule has 1 N–H and O–H groups in total. The molecular weight excluding hydrogens is 230 g/mol. The standard InChI is InChI=1S/C13H15N3O2/c1-3-4-10-7-12(13(17)18)15-16(10)11-6-5-9(2)14-8-11/h5-8H,3-4H2,1-2H3,(H,17,18). The van der Waals surface area contributed by atoms with Gasteiger partial charge in [-0.2, -0.15) is 5.10 Å². The maximum absolute atomic E-state index is 11.0. The first-order valence-corrected chi connectivity index (χ1v) is 5.87. The lowest BCUT2D eigenvalue weighted by molar-refractivity contribution is 0.0690. The van der Waals surface area contributed by atoms with Gasteiger partial charge in [0.1, 0.15) is 0 Å². The largest absolute Gasteiger partial charge is 0.476 e. The molecular formula is C13H15N3O2. The van der Waals surface area contributed by atoms with E-state index >= 15 is 0 Å². The average molecular weight is 245 g/mol. The van der Waals surface area contributed by atoms with E-state index in [2.05, 4.69) is 10.1 Å². The molecule has 0 saturated carbocycles. The minimum atomic E-state index is -1.01. The van der Waals surface area contributed by atoms with Gasteiger partial charge in [0.25, 0.3) is 0 Å². The maximum Gasteiger partial charge on any atom is 0.356 e. The summed E-state index contributed by atoms with van der Waals surface area (Å²) in [5, 5.41) is 13.1. The highest BCUT2D eigenvalue weighted by molar-refractivity contribution is 5.85. The van der Waals surface area contributed by atoms with E-state index in [4.69, 9.17) is 5.11 Å². The van der Waals surface area contributed by atoms with Gasteiger partial charge < -0.3 is 5.11 Å². The van der Waals surface area contributed by atoms with Crippen LogP contribution < -0.4 is 0 Å². The number of pyridine rings is 1. The first kappa shape index (κ1) is 12.3. The van der Waals surface area contributed by atoms with Gasteiger partial charge in [-0.05, 0) is 31.5 Å². The molecule has 2 heterocycles. The van der Waals surface area contributed by atoms with Gasteiger partial charge in [0.15, 0.2) is 5.69 Å². The maximum atomic E-state index is 11.0. The van der Waals surface area contributed by atoms with Crippen LogP contribution in [0.2, 0.25) is 0 Å². The zero-order valence-electron chi connectivity index (χ0n) is 10.4. The SMILES string of the molecule is CCCc1cc(C(=O)O)nn1-c1ccc(C)nc1. The molecule has 0 atom stereocenters. The number of rotatable bonds is 4. The van der Waals surface area contributed by atoms with Crippen LogP contribution in [0, 0.1) is 6.92 Å². The first-order valence-electron chi connectivity index (χ1n) is 5.87. The molecule has 0 aliphatic heterocycles. The van der Waals surface area contributed by atoms with Crippen molar-refractivity contribution in [1.29, 1.82) is 0 Å². The normalized spacial score (nSPS) is 10.6. The van der Waals surface area contributed by atoms with Gasteiger partial charge in [-0.25, -0.2) is 9.48 Å². The fourth-order valence-corrected chi connectivity index (χ4v) is 1.77. The summed E-state index contributed by atoms with van der Waals surface area (Å²) in [7, 11) is 0. The molecule has 0 unspecified atom stereocenters. The van der Waals surface area contributed by atoms with E-state index in [0.717, 1.165) is 29.9 Å². The molecule has 94 valence electrons. The Labute approximate surface area is 105 Å². The topological polar surface area (TPSA) is 68.0 Å². The van der Waals surface area contributed by atoms with Gasteiger partial charge in [-0.3, -0.25) is 4.98 Å². The summed E-state index contributed by atoms with van der Waals surface area (Å²) in [6.45, 7) is 3.95. The molecule has 2 aromatic rings. The summed E-state index contributed by atoms with van der Waals surface area (Å²) in [6.07, 6.45) is 3.42. The van der Waals surface area contributed by atoms with Crippen molar-refractivity contribution in [1.82, 2.24) is 14.8 Å². The van der Waals surface area contributed by atoms with Crippen molar-refractivity contribution in [2.45, 2.75) is 26.7 Å². The van der Waals surface area contributed by atoms with Crippen LogP contribution in [0.3, 0.4) is 0 Å². The van der Waals surface area contributed by atoms with Gasteiger partial charge in [-0.15, -0.1) is 0 Å². The van der Waals surface area contributed by atoms with Gasteiger partial charge in [0, 0.05) is 11.4 Å². The number of hydrogen-bond acceptors (Lipinski definition) is 3. The van der Waals surface area contributed by atoms with E-state index in [1.165, 1.54) is 0 Å². The van der Waals surface area contributed by atoms with E-state index in [0.29, 0.717) is 0 Å². The van der Waals surface area contributed by atoms with Crippen molar-refractivity contribution < 1.29 is 9.90 Å². The fraction of sp³-hybridized carbons (Fsp3) is 0.308.